The van der Waals surface area contributed by atoms with Crippen LogP contribution in [0, 0.1) is 0 Å². The average molecular weight is 504 g/mol. The first-order chi connectivity index (χ1) is 12.7. The van der Waals surface area contributed by atoms with Crippen molar-refractivity contribution in [2.45, 2.75) is 32.8 Å². The Kier molecular flexibility index (Phi) is 8.97. The standard InChI is InChI=1S/C18H28N6OS.HI/c1-4-15-11-21-17(26-15)6-7-20-18(19-5-2)24-8-9-25-16(13-24)14-10-22-23(3)12-14;/h10-12,16H,4-9,13H2,1-3H3,(H,19,20);1H. The van der Waals surface area contributed by atoms with Crippen molar-refractivity contribution in [3.63, 3.8) is 0 Å². The summed E-state index contributed by atoms with van der Waals surface area (Å²) < 4.78 is 7.75. The van der Waals surface area contributed by atoms with Crippen LogP contribution in [0.1, 0.15) is 35.4 Å². The van der Waals surface area contributed by atoms with Gasteiger partial charge in [0.2, 0.25) is 0 Å². The molecule has 1 unspecified atom stereocenters. The number of morpholine rings is 1. The molecule has 0 bridgehead atoms. The van der Waals surface area contributed by atoms with Crippen LogP contribution >= 0.6 is 35.3 Å². The first-order valence-corrected chi connectivity index (χ1v) is 10.1. The molecule has 1 fully saturated rings. The van der Waals surface area contributed by atoms with E-state index in [0.717, 1.165) is 55.6 Å². The van der Waals surface area contributed by atoms with Crippen molar-refractivity contribution >= 4 is 41.3 Å². The van der Waals surface area contributed by atoms with Gasteiger partial charge in [0.05, 0.1) is 24.4 Å². The topological polar surface area (TPSA) is 67.6 Å². The summed E-state index contributed by atoms with van der Waals surface area (Å²) in [7, 11) is 1.93. The van der Waals surface area contributed by atoms with E-state index < -0.39 is 0 Å². The summed E-state index contributed by atoms with van der Waals surface area (Å²) in [5.41, 5.74) is 1.11. The van der Waals surface area contributed by atoms with Crippen molar-refractivity contribution in [2.75, 3.05) is 32.8 Å². The van der Waals surface area contributed by atoms with Gasteiger partial charge in [0.15, 0.2) is 5.96 Å². The van der Waals surface area contributed by atoms with Crippen molar-refractivity contribution in [1.29, 1.82) is 0 Å². The van der Waals surface area contributed by atoms with Crippen molar-refractivity contribution in [1.82, 2.24) is 25.0 Å². The first-order valence-electron chi connectivity index (χ1n) is 9.26. The molecule has 0 saturated carbocycles. The third-order valence-electron chi connectivity index (χ3n) is 4.33. The zero-order valence-corrected chi connectivity index (χ0v) is 19.4. The van der Waals surface area contributed by atoms with Gasteiger partial charge in [-0.2, -0.15) is 5.10 Å². The van der Waals surface area contributed by atoms with Crippen molar-refractivity contribution in [3.8, 4) is 0 Å². The Balaban J connectivity index is 0.00000261. The van der Waals surface area contributed by atoms with Crippen LogP contribution in [0.25, 0.3) is 0 Å². The monoisotopic (exact) mass is 504 g/mol. The summed E-state index contributed by atoms with van der Waals surface area (Å²) in [5, 5.41) is 8.83. The summed E-state index contributed by atoms with van der Waals surface area (Å²) in [6.07, 6.45) is 7.85. The van der Waals surface area contributed by atoms with Crippen LogP contribution < -0.4 is 5.32 Å². The molecule has 1 saturated heterocycles. The number of thiazole rings is 1. The summed E-state index contributed by atoms with van der Waals surface area (Å²) in [6, 6.07) is 0. The Morgan fingerprint density at radius 3 is 2.93 bits per heavy atom. The molecule has 1 aliphatic rings. The van der Waals surface area contributed by atoms with Gasteiger partial charge in [0.25, 0.3) is 0 Å². The maximum atomic E-state index is 5.94. The molecule has 2 aromatic heterocycles. The zero-order chi connectivity index (χ0) is 18.4. The lowest BCUT2D eigenvalue weighted by Crippen LogP contribution is -2.48. The van der Waals surface area contributed by atoms with E-state index in [4.69, 9.17) is 9.73 Å². The van der Waals surface area contributed by atoms with Gasteiger partial charge in [-0.15, -0.1) is 35.3 Å². The van der Waals surface area contributed by atoms with E-state index in [0.29, 0.717) is 6.61 Å². The minimum atomic E-state index is 0. The predicted molar refractivity (Wildman–Crippen MR) is 120 cm³/mol. The Morgan fingerprint density at radius 1 is 1.41 bits per heavy atom. The SMILES string of the molecule is CCNC(=NCCc1ncc(CC)s1)N1CCOC(c2cnn(C)c2)C1.I. The van der Waals surface area contributed by atoms with Crippen LogP contribution in [0.5, 0.6) is 0 Å². The van der Waals surface area contributed by atoms with E-state index in [1.54, 1.807) is 11.3 Å². The molecule has 0 aromatic carbocycles. The number of guanidine groups is 1. The van der Waals surface area contributed by atoms with Crippen LogP contribution in [0.4, 0.5) is 0 Å². The van der Waals surface area contributed by atoms with Gasteiger partial charge in [0, 0.05) is 55.9 Å². The third-order valence-corrected chi connectivity index (χ3v) is 5.54. The molecule has 1 N–H and O–H groups in total. The van der Waals surface area contributed by atoms with Gasteiger partial charge >= 0.3 is 0 Å². The highest BCUT2D eigenvalue weighted by Gasteiger charge is 2.25. The fourth-order valence-corrected chi connectivity index (χ4v) is 3.81. The highest BCUT2D eigenvalue weighted by molar-refractivity contribution is 14.0. The van der Waals surface area contributed by atoms with E-state index >= 15 is 0 Å². The fraction of sp³-hybridized carbons (Fsp3) is 0.611. The second-order valence-electron chi connectivity index (χ2n) is 6.31. The van der Waals surface area contributed by atoms with Gasteiger partial charge in [-0.1, -0.05) is 6.92 Å². The molecule has 2 aromatic rings. The Hall–Kier alpha value is -1.20. The lowest BCUT2D eigenvalue weighted by molar-refractivity contribution is -0.00803. The minimum Gasteiger partial charge on any atom is -0.370 e. The molecule has 150 valence electrons. The van der Waals surface area contributed by atoms with Crippen LogP contribution in [0.15, 0.2) is 23.6 Å². The molecule has 7 nitrogen and oxygen atoms in total. The van der Waals surface area contributed by atoms with E-state index in [2.05, 4.69) is 34.1 Å². The lowest BCUT2D eigenvalue weighted by Gasteiger charge is -2.34. The molecule has 0 aliphatic carbocycles. The molecule has 9 heteroatoms. The Bertz CT molecular complexity index is 731. The molecular weight excluding hydrogens is 475 g/mol. The van der Waals surface area contributed by atoms with Crippen molar-refractivity contribution in [2.24, 2.45) is 12.0 Å². The van der Waals surface area contributed by atoms with Crippen LogP contribution in [0.3, 0.4) is 0 Å². The Morgan fingerprint density at radius 2 is 2.26 bits per heavy atom. The smallest absolute Gasteiger partial charge is 0.194 e. The van der Waals surface area contributed by atoms with E-state index in [1.165, 1.54) is 4.88 Å². The number of rotatable bonds is 6. The highest BCUT2D eigenvalue weighted by Crippen LogP contribution is 2.21. The average Bonchev–Trinajstić information content (AvgIpc) is 3.30. The molecule has 27 heavy (non-hydrogen) atoms. The highest BCUT2D eigenvalue weighted by atomic mass is 127. The second-order valence-corrected chi connectivity index (χ2v) is 7.51. The molecule has 1 atom stereocenters. The van der Waals surface area contributed by atoms with Crippen molar-refractivity contribution < 1.29 is 4.74 Å². The number of halogens is 1. The number of nitrogens with zero attached hydrogens (tertiary/aromatic N) is 5. The summed E-state index contributed by atoms with van der Waals surface area (Å²) >= 11 is 1.79. The van der Waals surface area contributed by atoms with Crippen LogP contribution in [-0.2, 0) is 24.6 Å². The van der Waals surface area contributed by atoms with E-state index in [1.807, 2.05) is 30.3 Å². The second kappa shape index (κ2) is 11.0. The molecular formula is C18H29IN6OS. The summed E-state index contributed by atoms with van der Waals surface area (Å²) in [6.45, 7) is 8.18. The quantitative estimate of drug-likeness (QED) is 0.372. The summed E-state index contributed by atoms with van der Waals surface area (Å²) in [5.74, 6) is 0.956. The van der Waals surface area contributed by atoms with Gasteiger partial charge in [-0.05, 0) is 13.3 Å². The number of aromatic nitrogens is 3. The fourth-order valence-electron chi connectivity index (χ4n) is 2.96. The predicted octanol–water partition coefficient (Wildman–Crippen LogP) is 2.64. The number of hydrogen-bond acceptors (Lipinski definition) is 5. The van der Waals surface area contributed by atoms with E-state index in [-0.39, 0.29) is 30.1 Å². The maximum Gasteiger partial charge on any atom is 0.194 e. The molecule has 3 heterocycles. The Labute approximate surface area is 182 Å². The number of hydrogen-bond donors (Lipinski definition) is 1. The molecule has 0 spiro atoms. The lowest BCUT2D eigenvalue weighted by atomic mass is 10.1. The number of aryl methyl sites for hydroxylation is 2. The third kappa shape index (κ3) is 6.15. The van der Waals surface area contributed by atoms with Crippen LogP contribution in [0.2, 0.25) is 0 Å². The zero-order valence-electron chi connectivity index (χ0n) is 16.2. The molecule has 0 radical (unpaired) electrons. The maximum absolute atomic E-state index is 5.94. The normalized spacial score (nSPS) is 17.7. The van der Waals surface area contributed by atoms with Crippen LogP contribution in [-0.4, -0.2) is 58.4 Å². The van der Waals surface area contributed by atoms with Gasteiger partial charge in [-0.3, -0.25) is 9.67 Å². The number of aliphatic imine (C=N–C) groups is 1. The minimum absolute atomic E-state index is 0. The van der Waals surface area contributed by atoms with Crippen molar-refractivity contribution in [3.05, 3.63) is 34.0 Å². The van der Waals surface area contributed by atoms with Gasteiger partial charge in [-0.25, -0.2) is 4.98 Å². The number of ether oxygens (including phenoxy) is 1. The molecule has 1 aliphatic heterocycles. The first kappa shape index (κ1) is 22.1. The molecule has 0 amide bonds. The number of nitrogens with one attached hydrogen (secondary N) is 1. The van der Waals surface area contributed by atoms with Gasteiger partial charge in [0.1, 0.15) is 6.10 Å². The van der Waals surface area contributed by atoms with Gasteiger partial charge < -0.3 is 15.0 Å². The largest absolute Gasteiger partial charge is 0.370 e. The molecule has 3 rings (SSSR count). The van der Waals surface area contributed by atoms with E-state index in [9.17, 15) is 0 Å². The summed E-state index contributed by atoms with van der Waals surface area (Å²) in [4.78, 5) is 12.9.